The van der Waals surface area contributed by atoms with Gasteiger partial charge in [-0.1, -0.05) is 19.1 Å². The van der Waals surface area contributed by atoms with Crippen molar-refractivity contribution in [2.45, 2.75) is 20.3 Å². The van der Waals surface area contributed by atoms with Gasteiger partial charge in [-0.3, -0.25) is 9.59 Å². The van der Waals surface area contributed by atoms with Crippen LogP contribution in [0.15, 0.2) is 18.2 Å². The molecule has 1 N–H and O–H groups in total. The Hall–Kier alpha value is -1.64. The maximum atomic E-state index is 10.9. The van der Waals surface area contributed by atoms with Crippen LogP contribution >= 0.6 is 0 Å². The fraction of sp³-hybridized carbons (Fsp3) is 0.273. The van der Waals surface area contributed by atoms with Crippen LogP contribution in [0.5, 0.6) is 0 Å². The number of amides is 1. The third kappa shape index (κ3) is 2.19. The van der Waals surface area contributed by atoms with Crippen LogP contribution < -0.4 is 5.32 Å². The standard InChI is InChI=1S/C11H13NO2/c1-3-9-5-4-6-10(7-13)11(9)12-8(2)14/h4-7H,3H2,1-2H3,(H,12,14). The van der Waals surface area contributed by atoms with Crippen molar-refractivity contribution in [3.05, 3.63) is 29.3 Å². The lowest BCUT2D eigenvalue weighted by atomic mass is 10.1. The van der Waals surface area contributed by atoms with Crippen LogP contribution in [0.3, 0.4) is 0 Å². The smallest absolute Gasteiger partial charge is 0.221 e. The predicted octanol–water partition coefficient (Wildman–Crippen LogP) is 2.02. The van der Waals surface area contributed by atoms with Crippen LogP contribution in [0, 0.1) is 0 Å². The SMILES string of the molecule is CCc1cccc(C=O)c1NC(C)=O. The molecule has 0 atom stereocenters. The second-order valence-corrected chi connectivity index (χ2v) is 3.03. The molecular formula is C11H13NO2. The monoisotopic (exact) mass is 191 g/mol. The zero-order chi connectivity index (χ0) is 10.6. The number of benzene rings is 1. The molecule has 0 fully saturated rings. The van der Waals surface area contributed by atoms with Crippen LogP contribution in [0.4, 0.5) is 5.69 Å². The molecule has 74 valence electrons. The number of para-hydroxylation sites is 1. The molecule has 0 bridgehead atoms. The molecule has 0 heterocycles. The van der Waals surface area contributed by atoms with E-state index in [1.165, 1.54) is 6.92 Å². The maximum Gasteiger partial charge on any atom is 0.221 e. The minimum Gasteiger partial charge on any atom is -0.325 e. The van der Waals surface area contributed by atoms with E-state index in [1.807, 2.05) is 19.1 Å². The van der Waals surface area contributed by atoms with E-state index >= 15 is 0 Å². The number of hydrogen-bond acceptors (Lipinski definition) is 2. The highest BCUT2D eigenvalue weighted by molar-refractivity contribution is 5.96. The van der Waals surface area contributed by atoms with Gasteiger partial charge in [0.2, 0.25) is 5.91 Å². The van der Waals surface area contributed by atoms with Gasteiger partial charge in [0.05, 0.1) is 5.69 Å². The molecule has 0 unspecified atom stereocenters. The molecule has 0 radical (unpaired) electrons. The number of carbonyl (C=O) groups excluding carboxylic acids is 2. The number of nitrogens with one attached hydrogen (secondary N) is 1. The average Bonchev–Trinajstić information content (AvgIpc) is 2.17. The molecule has 0 saturated carbocycles. The molecule has 3 nitrogen and oxygen atoms in total. The summed E-state index contributed by atoms with van der Waals surface area (Å²) >= 11 is 0. The van der Waals surface area contributed by atoms with Crippen molar-refractivity contribution in [1.82, 2.24) is 0 Å². The largest absolute Gasteiger partial charge is 0.325 e. The van der Waals surface area contributed by atoms with Gasteiger partial charge in [0.1, 0.15) is 0 Å². The van der Waals surface area contributed by atoms with Gasteiger partial charge in [-0.2, -0.15) is 0 Å². The Morgan fingerprint density at radius 1 is 1.50 bits per heavy atom. The summed E-state index contributed by atoms with van der Waals surface area (Å²) < 4.78 is 0. The van der Waals surface area contributed by atoms with Crippen molar-refractivity contribution in [1.29, 1.82) is 0 Å². The van der Waals surface area contributed by atoms with Crippen molar-refractivity contribution in [2.24, 2.45) is 0 Å². The number of carbonyl (C=O) groups is 2. The van der Waals surface area contributed by atoms with Gasteiger partial charge in [-0.05, 0) is 18.1 Å². The van der Waals surface area contributed by atoms with E-state index in [0.717, 1.165) is 18.3 Å². The van der Waals surface area contributed by atoms with Crippen LogP contribution in [0.1, 0.15) is 29.8 Å². The number of aryl methyl sites for hydroxylation is 1. The van der Waals surface area contributed by atoms with E-state index in [0.29, 0.717) is 11.3 Å². The summed E-state index contributed by atoms with van der Waals surface area (Å²) in [7, 11) is 0. The Labute approximate surface area is 83.1 Å². The van der Waals surface area contributed by atoms with Gasteiger partial charge in [-0.25, -0.2) is 0 Å². The second kappa shape index (κ2) is 4.56. The van der Waals surface area contributed by atoms with Crippen LogP contribution in [0.2, 0.25) is 0 Å². The molecule has 0 spiro atoms. The zero-order valence-corrected chi connectivity index (χ0v) is 8.33. The summed E-state index contributed by atoms with van der Waals surface area (Å²) in [4.78, 5) is 21.6. The number of anilines is 1. The molecule has 3 heteroatoms. The molecule has 0 aliphatic carbocycles. The maximum absolute atomic E-state index is 10.9. The van der Waals surface area contributed by atoms with Gasteiger partial charge in [0.15, 0.2) is 6.29 Å². The number of aldehydes is 1. The zero-order valence-electron chi connectivity index (χ0n) is 8.33. The van der Waals surface area contributed by atoms with Crippen molar-refractivity contribution >= 4 is 17.9 Å². The molecular weight excluding hydrogens is 178 g/mol. The Balaban J connectivity index is 3.18. The van der Waals surface area contributed by atoms with E-state index in [2.05, 4.69) is 5.32 Å². The first-order valence-electron chi connectivity index (χ1n) is 4.53. The van der Waals surface area contributed by atoms with Crippen molar-refractivity contribution in [3.63, 3.8) is 0 Å². The molecule has 1 amide bonds. The topological polar surface area (TPSA) is 46.2 Å². The third-order valence-electron chi connectivity index (χ3n) is 1.99. The Morgan fingerprint density at radius 3 is 2.71 bits per heavy atom. The fourth-order valence-electron chi connectivity index (χ4n) is 1.34. The summed E-state index contributed by atoms with van der Waals surface area (Å²) in [6.45, 7) is 3.41. The summed E-state index contributed by atoms with van der Waals surface area (Å²) in [6.07, 6.45) is 1.54. The quantitative estimate of drug-likeness (QED) is 0.743. The lowest BCUT2D eigenvalue weighted by molar-refractivity contribution is -0.114. The van der Waals surface area contributed by atoms with E-state index in [-0.39, 0.29) is 5.91 Å². The Kier molecular flexibility index (Phi) is 3.40. The minimum atomic E-state index is -0.158. The molecule has 1 aromatic rings. The summed E-state index contributed by atoms with van der Waals surface area (Å²) in [5.41, 5.74) is 2.14. The van der Waals surface area contributed by atoms with Crippen molar-refractivity contribution in [3.8, 4) is 0 Å². The van der Waals surface area contributed by atoms with Gasteiger partial charge in [0, 0.05) is 12.5 Å². The molecule has 0 saturated heterocycles. The fourth-order valence-corrected chi connectivity index (χ4v) is 1.34. The van der Waals surface area contributed by atoms with Gasteiger partial charge >= 0.3 is 0 Å². The lowest BCUT2D eigenvalue weighted by Crippen LogP contribution is -2.10. The van der Waals surface area contributed by atoms with Gasteiger partial charge < -0.3 is 5.32 Å². The highest BCUT2D eigenvalue weighted by atomic mass is 16.1. The minimum absolute atomic E-state index is 0.158. The van der Waals surface area contributed by atoms with Crippen LogP contribution in [-0.4, -0.2) is 12.2 Å². The molecule has 1 rings (SSSR count). The summed E-state index contributed by atoms with van der Waals surface area (Å²) in [6, 6.07) is 5.41. The lowest BCUT2D eigenvalue weighted by Gasteiger charge is -2.10. The third-order valence-corrected chi connectivity index (χ3v) is 1.99. The van der Waals surface area contributed by atoms with Crippen LogP contribution in [0.25, 0.3) is 0 Å². The molecule has 0 aliphatic rings. The Morgan fingerprint density at radius 2 is 2.21 bits per heavy atom. The molecule has 0 aromatic heterocycles. The van der Waals surface area contributed by atoms with Crippen molar-refractivity contribution in [2.75, 3.05) is 5.32 Å². The highest BCUT2D eigenvalue weighted by Gasteiger charge is 2.07. The van der Waals surface area contributed by atoms with Crippen LogP contribution in [-0.2, 0) is 11.2 Å². The first-order chi connectivity index (χ1) is 6.69. The predicted molar refractivity (Wildman–Crippen MR) is 55.5 cm³/mol. The number of hydrogen-bond donors (Lipinski definition) is 1. The molecule has 14 heavy (non-hydrogen) atoms. The van der Waals surface area contributed by atoms with Gasteiger partial charge in [0.25, 0.3) is 0 Å². The Bertz CT molecular complexity index is 358. The van der Waals surface area contributed by atoms with Crippen molar-refractivity contribution < 1.29 is 9.59 Å². The summed E-state index contributed by atoms with van der Waals surface area (Å²) in [5.74, 6) is -0.158. The first kappa shape index (κ1) is 10.4. The summed E-state index contributed by atoms with van der Waals surface area (Å²) in [5, 5.41) is 2.67. The second-order valence-electron chi connectivity index (χ2n) is 3.03. The molecule has 1 aromatic carbocycles. The first-order valence-corrected chi connectivity index (χ1v) is 4.53. The van der Waals surface area contributed by atoms with Gasteiger partial charge in [-0.15, -0.1) is 0 Å². The normalized spacial score (nSPS) is 9.57. The van der Waals surface area contributed by atoms with E-state index in [1.54, 1.807) is 6.07 Å². The number of rotatable bonds is 3. The average molecular weight is 191 g/mol. The van der Waals surface area contributed by atoms with E-state index in [9.17, 15) is 9.59 Å². The van der Waals surface area contributed by atoms with E-state index < -0.39 is 0 Å². The molecule has 0 aliphatic heterocycles. The van der Waals surface area contributed by atoms with E-state index in [4.69, 9.17) is 0 Å². The highest BCUT2D eigenvalue weighted by Crippen LogP contribution is 2.20.